The molecule has 0 spiro atoms. The number of rotatable bonds is 4. The highest BCUT2D eigenvalue weighted by molar-refractivity contribution is 6.05. The number of ketones is 1. The molecule has 7 nitrogen and oxygen atoms in total. The number of carbonyl (C=O) groups is 1. The highest BCUT2D eigenvalue weighted by Gasteiger charge is 2.11. The Kier molecular flexibility index (Phi) is 3.07. The van der Waals surface area contributed by atoms with E-state index in [2.05, 4.69) is 9.97 Å². The molecule has 2 aromatic heterocycles. The van der Waals surface area contributed by atoms with E-state index < -0.39 is 4.92 Å². The van der Waals surface area contributed by atoms with Gasteiger partial charge in [-0.25, -0.2) is 4.98 Å². The Bertz CT molecular complexity index is 827. The smallest absolute Gasteiger partial charge is 0.401 e. The van der Waals surface area contributed by atoms with Gasteiger partial charge in [0.2, 0.25) is 5.78 Å². The van der Waals surface area contributed by atoms with Crippen molar-refractivity contribution in [3.63, 3.8) is 0 Å². The molecule has 0 saturated carbocycles. The van der Waals surface area contributed by atoms with Gasteiger partial charge in [-0.2, -0.15) is 0 Å². The van der Waals surface area contributed by atoms with Crippen LogP contribution >= 0.6 is 0 Å². The zero-order valence-electron chi connectivity index (χ0n) is 10.6. The number of hydrogen-bond donors (Lipinski definition) is 1. The van der Waals surface area contributed by atoms with Gasteiger partial charge in [-0.3, -0.25) is 14.9 Å². The normalized spacial score (nSPS) is 11.2. The van der Waals surface area contributed by atoms with E-state index in [1.54, 1.807) is 6.07 Å². The number of allylic oxidation sites excluding steroid dienone is 1. The maximum Gasteiger partial charge on any atom is 0.433 e. The average molecular weight is 283 g/mol. The van der Waals surface area contributed by atoms with Crippen LogP contribution in [-0.2, 0) is 0 Å². The van der Waals surface area contributed by atoms with Gasteiger partial charge in [-0.1, -0.05) is 12.1 Å². The van der Waals surface area contributed by atoms with Crippen molar-refractivity contribution in [3.8, 4) is 0 Å². The van der Waals surface area contributed by atoms with Crippen LogP contribution in [-0.4, -0.2) is 20.7 Å². The number of hydrogen-bond acceptors (Lipinski definition) is 5. The van der Waals surface area contributed by atoms with Gasteiger partial charge in [0.05, 0.1) is 17.1 Å². The van der Waals surface area contributed by atoms with Gasteiger partial charge in [-0.05, 0) is 30.4 Å². The van der Waals surface area contributed by atoms with Crippen molar-refractivity contribution in [1.82, 2.24) is 9.97 Å². The Labute approximate surface area is 118 Å². The Balaban J connectivity index is 1.81. The predicted octanol–water partition coefficient (Wildman–Crippen LogP) is 2.96. The summed E-state index contributed by atoms with van der Waals surface area (Å²) >= 11 is 0. The van der Waals surface area contributed by atoms with E-state index in [1.807, 2.05) is 18.2 Å². The molecular formula is C14H9N3O4. The van der Waals surface area contributed by atoms with E-state index in [0.717, 1.165) is 5.52 Å². The Morgan fingerprint density at radius 1 is 1.29 bits per heavy atom. The van der Waals surface area contributed by atoms with Crippen molar-refractivity contribution in [2.75, 3.05) is 0 Å². The fraction of sp³-hybridized carbons (Fsp3) is 0. The van der Waals surface area contributed by atoms with Crippen molar-refractivity contribution in [2.45, 2.75) is 0 Å². The minimum atomic E-state index is -0.640. The van der Waals surface area contributed by atoms with Gasteiger partial charge >= 0.3 is 5.88 Å². The van der Waals surface area contributed by atoms with E-state index in [4.69, 9.17) is 4.42 Å². The quantitative estimate of drug-likeness (QED) is 0.343. The fourth-order valence-corrected chi connectivity index (χ4v) is 1.84. The molecule has 2 heterocycles. The summed E-state index contributed by atoms with van der Waals surface area (Å²) in [5.74, 6) is -0.282. The first kappa shape index (κ1) is 12.8. The lowest BCUT2D eigenvalue weighted by atomic mass is 10.3. The Hall–Kier alpha value is -3.22. The molecule has 0 saturated heterocycles. The second-order valence-corrected chi connectivity index (χ2v) is 4.23. The minimum absolute atomic E-state index is 0.202. The number of aromatic nitrogens is 2. The van der Waals surface area contributed by atoms with Crippen molar-refractivity contribution >= 4 is 28.8 Å². The van der Waals surface area contributed by atoms with Crippen molar-refractivity contribution in [3.05, 3.63) is 64.2 Å². The first-order chi connectivity index (χ1) is 10.1. The average Bonchev–Trinajstić information content (AvgIpc) is 3.11. The van der Waals surface area contributed by atoms with Crippen LogP contribution in [0.5, 0.6) is 0 Å². The number of aromatic amines is 1. The first-order valence-corrected chi connectivity index (χ1v) is 6.05. The van der Waals surface area contributed by atoms with Crippen LogP contribution in [0.4, 0.5) is 5.88 Å². The van der Waals surface area contributed by atoms with E-state index in [1.165, 1.54) is 24.3 Å². The Morgan fingerprint density at radius 3 is 2.81 bits per heavy atom. The van der Waals surface area contributed by atoms with Gasteiger partial charge in [0, 0.05) is 0 Å². The second kappa shape index (κ2) is 5.04. The number of nitro groups is 1. The standard InChI is InChI=1S/C14H9N3O4/c18-12(7-5-9-6-8-13(21-9)17(19)20)14-15-10-3-1-2-4-11(10)16-14/h1-8H,(H,15,16)/b7-5+. The summed E-state index contributed by atoms with van der Waals surface area (Å²) in [4.78, 5) is 28.9. The molecule has 0 aliphatic rings. The van der Waals surface area contributed by atoms with E-state index in [9.17, 15) is 14.9 Å². The lowest BCUT2D eigenvalue weighted by Crippen LogP contribution is -1.96. The fourth-order valence-electron chi connectivity index (χ4n) is 1.84. The molecule has 0 unspecified atom stereocenters. The van der Waals surface area contributed by atoms with Crippen LogP contribution in [0.15, 0.2) is 46.9 Å². The first-order valence-electron chi connectivity index (χ1n) is 6.05. The molecule has 0 amide bonds. The molecule has 0 aliphatic carbocycles. The van der Waals surface area contributed by atoms with Crippen LogP contribution in [0.3, 0.4) is 0 Å². The topological polar surface area (TPSA) is 102 Å². The number of carbonyl (C=O) groups excluding carboxylic acids is 1. The van der Waals surface area contributed by atoms with Crippen molar-refractivity contribution in [1.29, 1.82) is 0 Å². The molecular weight excluding hydrogens is 274 g/mol. The maximum atomic E-state index is 12.0. The van der Waals surface area contributed by atoms with E-state index >= 15 is 0 Å². The third-order valence-electron chi connectivity index (χ3n) is 2.81. The SMILES string of the molecule is O=C(/C=C/c1ccc([N+](=O)[O-])o1)c1nc2ccccc2[nH]1. The van der Waals surface area contributed by atoms with Gasteiger partial charge < -0.3 is 9.40 Å². The van der Waals surface area contributed by atoms with E-state index in [0.29, 0.717) is 5.52 Å². The molecule has 21 heavy (non-hydrogen) atoms. The van der Waals surface area contributed by atoms with Crippen LogP contribution in [0.1, 0.15) is 16.4 Å². The van der Waals surface area contributed by atoms with Crippen LogP contribution in [0, 0.1) is 10.1 Å². The molecule has 0 bridgehead atoms. The third kappa shape index (κ3) is 2.57. The molecule has 1 N–H and O–H groups in total. The molecule has 7 heteroatoms. The molecule has 104 valence electrons. The monoisotopic (exact) mass is 283 g/mol. The zero-order valence-corrected chi connectivity index (χ0v) is 10.6. The summed E-state index contributed by atoms with van der Waals surface area (Å²) in [6.07, 6.45) is 2.61. The lowest BCUT2D eigenvalue weighted by molar-refractivity contribution is -0.402. The molecule has 0 atom stereocenters. The number of nitrogens with zero attached hydrogens (tertiary/aromatic N) is 2. The molecule has 0 radical (unpaired) electrons. The van der Waals surface area contributed by atoms with Crippen LogP contribution in [0.2, 0.25) is 0 Å². The summed E-state index contributed by atoms with van der Waals surface area (Å²) in [5.41, 5.74) is 1.46. The third-order valence-corrected chi connectivity index (χ3v) is 2.81. The highest BCUT2D eigenvalue weighted by atomic mass is 16.6. The number of furan rings is 1. The zero-order chi connectivity index (χ0) is 14.8. The van der Waals surface area contributed by atoms with Crippen LogP contribution in [0.25, 0.3) is 17.1 Å². The van der Waals surface area contributed by atoms with Crippen LogP contribution < -0.4 is 0 Å². The summed E-state index contributed by atoms with van der Waals surface area (Å²) in [7, 11) is 0. The Morgan fingerprint density at radius 2 is 2.10 bits per heavy atom. The predicted molar refractivity (Wildman–Crippen MR) is 74.8 cm³/mol. The number of para-hydroxylation sites is 2. The molecule has 3 rings (SSSR count). The number of H-pyrrole nitrogens is 1. The van der Waals surface area contributed by atoms with Crippen molar-refractivity contribution in [2.24, 2.45) is 0 Å². The number of fused-ring (bicyclic) bond motifs is 1. The summed E-state index contributed by atoms with van der Waals surface area (Å²) in [6, 6.07) is 9.93. The summed E-state index contributed by atoms with van der Waals surface area (Å²) < 4.78 is 4.92. The lowest BCUT2D eigenvalue weighted by Gasteiger charge is -1.87. The maximum absolute atomic E-state index is 12.0. The van der Waals surface area contributed by atoms with Gasteiger partial charge in [0.25, 0.3) is 0 Å². The number of nitrogens with one attached hydrogen (secondary N) is 1. The second-order valence-electron chi connectivity index (χ2n) is 4.23. The molecule has 0 aliphatic heterocycles. The van der Waals surface area contributed by atoms with Crippen molar-refractivity contribution < 1.29 is 14.1 Å². The largest absolute Gasteiger partial charge is 0.433 e. The van der Waals surface area contributed by atoms with Gasteiger partial charge in [0.15, 0.2) is 5.82 Å². The molecule has 1 aromatic carbocycles. The summed E-state index contributed by atoms with van der Waals surface area (Å²) in [5, 5.41) is 10.5. The molecule has 3 aromatic rings. The number of benzene rings is 1. The van der Waals surface area contributed by atoms with E-state index in [-0.39, 0.29) is 23.3 Å². The molecule has 0 fully saturated rings. The highest BCUT2D eigenvalue weighted by Crippen LogP contribution is 2.17. The summed E-state index contributed by atoms with van der Waals surface area (Å²) in [6.45, 7) is 0. The number of imidazole rings is 1. The van der Waals surface area contributed by atoms with Gasteiger partial charge in [-0.15, -0.1) is 0 Å². The minimum Gasteiger partial charge on any atom is -0.401 e. The van der Waals surface area contributed by atoms with Gasteiger partial charge in [0.1, 0.15) is 10.7 Å².